The Hall–Kier alpha value is -0.610. The second-order valence-electron chi connectivity index (χ2n) is 6.84. The van der Waals surface area contributed by atoms with Crippen molar-refractivity contribution >= 4 is 5.91 Å². The molecule has 0 aromatic rings. The summed E-state index contributed by atoms with van der Waals surface area (Å²) in [5.41, 5.74) is 5.02. The zero-order valence-electron chi connectivity index (χ0n) is 13.9. The van der Waals surface area contributed by atoms with Crippen LogP contribution in [0.4, 0.5) is 0 Å². The molecule has 118 valence electrons. The maximum absolute atomic E-state index is 11.9. The fraction of sp³-hybridized carbons (Fsp3) is 0.938. The van der Waals surface area contributed by atoms with E-state index in [1.54, 1.807) is 0 Å². The molecule has 0 bridgehead atoms. The lowest BCUT2D eigenvalue weighted by atomic mass is 9.88. The van der Waals surface area contributed by atoms with Crippen molar-refractivity contribution in [2.24, 2.45) is 5.73 Å². The fourth-order valence-electron chi connectivity index (χ4n) is 3.62. The Morgan fingerprint density at radius 1 is 1.40 bits per heavy atom. The maximum Gasteiger partial charge on any atom is 0.237 e. The van der Waals surface area contributed by atoms with Crippen LogP contribution in [0.5, 0.6) is 0 Å². The highest BCUT2D eigenvalue weighted by molar-refractivity contribution is 5.84. The summed E-state index contributed by atoms with van der Waals surface area (Å²) < 4.78 is 0. The summed E-state index contributed by atoms with van der Waals surface area (Å²) in [4.78, 5) is 14.4. The van der Waals surface area contributed by atoms with Crippen LogP contribution in [0.15, 0.2) is 0 Å². The Kier molecular flexibility index (Phi) is 6.46. The minimum absolute atomic E-state index is 0.247. The molecule has 20 heavy (non-hydrogen) atoms. The van der Waals surface area contributed by atoms with Crippen LogP contribution in [0.3, 0.4) is 0 Å². The zero-order valence-corrected chi connectivity index (χ0v) is 13.9. The van der Waals surface area contributed by atoms with Crippen LogP contribution >= 0.6 is 0 Å². The zero-order chi connectivity index (χ0) is 15.3. The molecule has 1 heterocycles. The predicted octanol–water partition coefficient (Wildman–Crippen LogP) is 2.27. The Morgan fingerprint density at radius 2 is 2.05 bits per heavy atom. The molecule has 0 saturated carbocycles. The Balaban J connectivity index is 2.74. The van der Waals surface area contributed by atoms with Crippen molar-refractivity contribution in [1.82, 2.24) is 10.2 Å². The quantitative estimate of drug-likeness (QED) is 0.753. The summed E-state index contributed by atoms with van der Waals surface area (Å²) in [7, 11) is 0. The van der Waals surface area contributed by atoms with E-state index in [2.05, 4.69) is 37.9 Å². The second kappa shape index (κ2) is 7.41. The Labute approximate surface area is 124 Å². The number of nitrogens with two attached hydrogens (primary N) is 1. The maximum atomic E-state index is 11.9. The Morgan fingerprint density at radius 3 is 2.55 bits per heavy atom. The average molecular weight is 283 g/mol. The number of hydrogen-bond donors (Lipinski definition) is 2. The van der Waals surface area contributed by atoms with E-state index >= 15 is 0 Å². The topological polar surface area (TPSA) is 58.4 Å². The number of primary amides is 1. The summed E-state index contributed by atoms with van der Waals surface area (Å²) in [6.45, 7) is 11.7. The largest absolute Gasteiger partial charge is 0.368 e. The predicted molar refractivity (Wildman–Crippen MR) is 84.6 cm³/mol. The lowest BCUT2D eigenvalue weighted by Gasteiger charge is -2.43. The second-order valence-corrected chi connectivity index (χ2v) is 6.84. The van der Waals surface area contributed by atoms with Crippen molar-refractivity contribution in [3.63, 3.8) is 0 Å². The number of nitrogens with one attached hydrogen (secondary N) is 1. The van der Waals surface area contributed by atoms with Gasteiger partial charge in [-0.15, -0.1) is 0 Å². The van der Waals surface area contributed by atoms with Gasteiger partial charge >= 0.3 is 0 Å². The highest BCUT2D eigenvalue weighted by Crippen LogP contribution is 2.26. The monoisotopic (exact) mass is 283 g/mol. The molecule has 3 atom stereocenters. The molecule has 3 N–H and O–H groups in total. The van der Waals surface area contributed by atoms with Gasteiger partial charge in [-0.2, -0.15) is 0 Å². The third-order valence-electron chi connectivity index (χ3n) is 4.56. The van der Waals surface area contributed by atoms with Crippen molar-refractivity contribution in [3.8, 4) is 0 Å². The van der Waals surface area contributed by atoms with Crippen molar-refractivity contribution in [1.29, 1.82) is 0 Å². The number of hydrogen-bond acceptors (Lipinski definition) is 3. The van der Waals surface area contributed by atoms with Gasteiger partial charge in [0.2, 0.25) is 5.91 Å². The number of nitrogens with zero attached hydrogens (tertiary/aromatic N) is 1. The van der Waals surface area contributed by atoms with Gasteiger partial charge in [-0.1, -0.05) is 13.3 Å². The first-order chi connectivity index (χ1) is 9.30. The van der Waals surface area contributed by atoms with Crippen molar-refractivity contribution < 1.29 is 4.79 Å². The third-order valence-corrected chi connectivity index (χ3v) is 4.56. The highest BCUT2D eigenvalue weighted by Gasteiger charge is 2.36. The van der Waals surface area contributed by atoms with Gasteiger partial charge in [-0.05, 0) is 59.9 Å². The number of likely N-dealkylation sites (tertiary alicyclic amines) is 1. The fourth-order valence-corrected chi connectivity index (χ4v) is 3.62. The summed E-state index contributed by atoms with van der Waals surface area (Å²) in [6.07, 6.45) is 5.85. The molecule has 0 aromatic carbocycles. The number of amides is 1. The molecule has 3 unspecified atom stereocenters. The molecule has 1 rings (SSSR count). The molecule has 1 saturated heterocycles. The van der Waals surface area contributed by atoms with Gasteiger partial charge in [0.1, 0.15) is 0 Å². The molecule has 4 heteroatoms. The SMILES string of the molecule is CCC1CCCCN1C(C)CC(C)(NC(C)C)C(N)=O. The van der Waals surface area contributed by atoms with Gasteiger partial charge in [0.25, 0.3) is 0 Å². The normalized spacial score (nSPS) is 25.4. The number of rotatable bonds is 7. The van der Waals surface area contributed by atoms with E-state index in [1.165, 1.54) is 25.7 Å². The highest BCUT2D eigenvalue weighted by atomic mass is 16.1. The summed E-state index contributed by atoms with van der Waals surface area (Å²) in [5.74, 6) is -0.247. The molecule has 0 radical (unpaired) electrons. The molecule has 0 aromatic heterocycles. The summed E-state index contributed by atoms with van der Waals surface area (Å²) in [6, 6.07) is 1.29. The van der Waals surface area contributed by atoms with Gasteiger partial charge in [0.15, 0.2) is 0 Å². The lowest BCUT2D eigenvalue weighted by Crippen LogP contribution is -2.59. The van der Waals surface area contributed by atoms with Crippen LogP contribution in [0.2, 0.25) is 0 Å². The van der Waals surface area contributed by atoms with Crippen LogP contribution in [-0.4, -0.2) is 41.0 Å². The van der Waals surface area contributed by atoms with Crippen LogP contribution in [0.25, 0.3) is 0 Å². The number of piperidine rings is 1. The number of carbonyl (C=O) groups excluding carboxylic acids is 1. The van der Waals surface area contributed by atoms with Gasteiger partial charge in [-0.3, -0.25) is 9.69 Å². The average Bonchev–Trinajstić information content (AvgIpc) is 2.37. The molecule has 0 spiro atoms. The molecule has 4 nitrogen and oxygen atoms in total. The van der Waals surface area contributed by atoms with E-state index in [9.17, 15) is 4.79 Å². The molecule has 0 aliphatic carbocycles. The van der Waals surface area contributed by atoms with E-state index < -0.39 is 5.54 Å². The van der Waals surface area contributed by atoms with E-state index in [0.717, 1.165) is 13.0 Å². The minimum Gasteiger partial charge on any atom is -0.368 e. The summed E-state index contributed by atoms with van der Waals surface area (Å²) >= 11 is 0. The molecule has 1 aliphatic rings. The van der Waals surface area contributed by atoms with Gasteiger partial charge in [0.05, 0.1) is 5.54 Å². The molecule has 1 amide bonds. The molecular formula is C16H33N3O. The first kappa shape index (κ1) is 17.4. The van der Waals surface area contributed by atoms with E-state index in [4.69, 9.17) is 5.73 Å². The smallest absolute Gasteiger partial charge is 0.237 e. The Bertz CT molecular complexity index is 319. The minimum atomic E-state index is -0.622. The van der Waals surface area contributed by atoms with Gasteiger partial charge in [-0.25, -0.2) is 0 Å². The van der Waals surface area contributed by atoms with E-state index in [0.29, 0.717) is 12.1 Å². The van der Waals surface area contributed by atoms with Crippen LogP contribution in [0, 0.1) is 0 Å². The van der Waals surface area contributed by atoms with Crippen molar-refractivity contribution in [2.75, 3.05) is 6.54 Å². The van der Waals surface area contributed by atoms with Crippen LogP contribution < -0.4 is 11.1 Å². The first-order valence-electron chi connectivity index (χ1n) is 8.13. The van der Waals surface area contributed by atoms with Crippen molar-refractivity contribution in [3.05, 3.63) is 0 Å². The van der Waals surface area contributed by atoms with Crippen LogP contribution in [0.1, 0.15) is 66.7 Å². The standard InChI is InChI=1S/C16H33N3O/c1-6-14-9-7-8-10-19(14)13(4)11-16(5,15(17)20)18-12(2)3/h12-14,18H,6-11H2,1-5H3,(H2,17,20). The number of carbonyl (C=O) groups is 1. The lowest BCUT2D eigenvalue weighted by molar-refractivity contribution is -0.125. The van der Waals surface area contributed by atoms with Gasteiger partial charge in [0, 0.05) is 18.1 Å². The first-order valence-corrected chi connectivity index (χ1v) is 8.13. The van der Waals surface area contributed by atoms with E-state index in [-0.39, 0.29) is 11.9 Å². The summed E-state index contributed by atoms with van der Waals surface area (Å²) in [5, 5.41) is 3.36. The molecule has 1 aliphatic heterocycles. The van der Waals surface area contributed by atoms with Crippen molar-refractivity contribution in [2.45, 2.75) is 90.4 Å². The van der Waals surface area contributed by atoms with Gasteiger partial charge < -0.3 is 11.1 Å². The molecular weight excluding hydrogens is 250 g/mol. The molecule has 1 fully saturated rings. The van der Waals surface area contributed by atoms with Crippen LogP contribution in [-0.2, 0) is 4.79 Å². The van der Waals surface area contributed by atoms with E-state index in [1.807, 2.05) is 6.92 Å². The third kappa shape index (κ3) is 4.45.